The number of nitrogens with two attached hydrogens (primary N) is 1. The Labute approximate surface area is 134 Å². The fraction of sp³-hybridized carbons (Fsp3) is 0.333. The molecular weight excluding hydrogens is 298 g/mol. The summed E-state index contributed by atoms with van der Waals surface area (Å²) in [4.78, 5) is 24.2. The van der Waals surface area contributed by atoms with Gasteiger partial charge in [0.1, 0.15) is 6.33 Å². The zero-order valence-corrected chi connectivity index (χ0v) is 13.6. The van der Waals surface area contributed by atoms with Gasteiger partial charge in [-0.05, 0) is 43.5 Å². The van der Waals surface area contributed by atoms with Crippen LogP contribution in [0.15, 0.2) is 29.7 Å². The number of aromatic nitrogens is 3. The average Bonchev–Trinajstić information content (AvgIpc) is 2.48. The van der Waals surface area contributed by atoms with Crippen LogP contribution in [0.1, 0.15) is 24.5 Å². The van der Waals surface area contributed by atoms with E-state index in [4.69, 9.17) is 5.73 Å². The number of carbonyl (C=O) groups is 1. The second-order valence-corrected chi connectivity index (χ2v) is 6.10. The van der Waals surface area contributed by atoms with E-state index in [1.807, 2.05) is 39.0 Å². The van der Waals surface area contributed by atoms with Gasteiger partial charge in [-0.3, -0.25) is 4.79 Å². The first-order valence-corrected chi connectivity index (χ1v) is 7.87. The number of carbonyl (C=O) groups excluding carboxylic acids is 1. The Balaban J connectivity index is 2.06. The van der Waals surface area contributed by atoms with Crippen molar-refractivity contribution >= 4 is 29.3 Å². The third kappa shape index (κ3) is 4.17. The number of thioether (sulfide) groups is 1. The maximum atomic E-state index is 12.4. The predicted molar refractivity (Wildman–Crippen MR) is 88.7 cm³/mol. The first-order valence-electron chi connectivity index (χ1n) is 6.99. The summed E-state index contributed by atoms with van der Waals surface area (Å²) in [6.45, 7) is 6.00. The topological polar surface area (TPSA) is 93.8 Å². The molecule has 0 saturated carbocycles. The van der Waals surface area contributed by atoms with Crippen LogP contribution in [0, 0.1) is 13.8 Å². The van der Waals surface area contributed by atoms with E-state index in [0.29, 0.717) is 11.6 Å². The van der Waals surface area contributed by atoms with Gasteiger partial charge in [-0.15, -0.1) is 0 Å². The number of amides is 1. The summed E-state index contributed by atoms with van der Waals surface area (Å²) >= 11 is 1.28. The molecule has 0 saturated heterocycles. The molecule has 1 amide bonds. The maximum absolute atomic E-state index is 12.4. The molecule has 1 aromatic heterocycles. The van der Waals surface area contributed by atoms with E-state index in [1.54, 1.807) is 0 Å². The van der Waals surface area contributed by atoms with Gasteiger partial charge < -0.3 is 11.1 Å². The Morgan fingerprint density at radius 2 is 2.09 bits per heavy atom. The zero-order valence-electron chi connectivity index (χ0n) is 12.8. The van der Waals surface area contributed by atoms with Crippen LogP contribution in [0.2, 0.25) is 0 Å². The third-order valence-electron chi connectivity index (χ3n) is 3.25. The van der Waals surface area contributed by atoms with Crippen molar-refractivity contribution in [2.45, 2.75) is 37.6 Å². The first-order chi connectivity index (χ1) is 10.5. The van der Waals surface area contributed by atoms with Gasteiger partial charge in [0, 0.05) is 5.69 Å². The minimum Gasteiger partial charge on any atom is -0.368 e. The summed E-state index contributed by atoms with van der Waals surface area (Å²) < 4.78 is 0. The highest BCUT2D eigenvalue weighted by atomic mass is 32.2. The Morgan fingerprint density at radius 1 is 1.32 bits per heavy atom. The Kier molecular flexibility index (Phi) is 5.32. The fourth-order valence-electron chi connectivity index (χ4n) is 1.84. The quantitative estimate of drug-likeness (QED) is 0.823. The molecule has 3 N–H and O–H groups in total. The molecule has 2 aromatic rings. The van der Waals surface area contributed by atoms with Crippen LogP contribution in [-0.4, -0.2) is 26.1 Å². The second kappa shape index (κ2) is 7.22. The van der Waals surface area contributed by atoms with Gasteiger partial charge in [0.2, 0.25) is 11.9 Å². The molecule has 1 heterocycles. The van der Waals surface area contributed by atoms with Crippen molar-refractivity contribution in [2.24, 2.45) is 0 Å². The van der Waals surface area contributed by atoms with Crippen LogP contribution in [-0.2, 0) is 4.79 Å². The average molecular weight is 317 g/mol. The highest BCUT2D eigenvalue weighted by Gasteiger charge is 2.19. The summed E-state index contributed by atoms with van der Waals surface area (Å²) in [6.07, 6.45) is 2.01. The molecular formula is C15H19N5OS. The molecule has 0 spiro atoms. The lowest BCUT2D eigenvalue weighted by Crippen LogP contribution is -2.25. The molecule has 0 radical (unpaired) electrons. The number of hydrogen-bond acceptors (Lipinski definition) is 6. The van der Waals surface area contributed by atoms with Gasteiger partial charge in [-0.1, -0.05) is 24.8 Å². The number of anilines is 2. The first kappa shape index (κ1) is 16.2. The van der Waals surface area contributed by atoms with Crippen molar-refractivity contribution in [1.29, 1.82) is 0 Å². The van der Waals surface area contributed by atoms with Crippen molar-refractivity contribution in [3.8, 4) is 0 Å². The van der Waals surface area contributed by atoms with Gasteiger partial charge in [0.25, 0.3) is 0 Å². The fourth-order valence-corrected chi connectivity index (χ4v) is 2.68. The van der Waals surface area contributed by atoms with E-state index < -0.39 is 0 Å². The molecule has 0 fully saturated rings. The van der Waals surface area contributed by atoms with Crippen molar-refractivity contribution in [2.75, 3.05) is 11.1 Å². The number of aryl methyl sites for hydroxylation is 2. The highest BCUT2D eigenvalue weighted by Crippen LogP contribution is 2.24. The monoisotopic (exact) mass is 317 g/mol. The summed E-state index contributed by atoms with van der Waals surface area (Å²) in [5, 5.41) is 3.10. The standard InChI is InChI=1S/C15H19N5OS/c1-4-12(22-15-18-8-17-14(16)20-15)13(21)19-11-6-5-9(2)10(3)7-11/h5-8,12H,4H2,1-3H3,(H,19,21)(H2,16,17,18,20). The van der Waals surface area contributed by atoms with Crippen molar-refractivity contribution in [3.05, 3.63) is 35.7 Å². The summed E-state index contributed by atoms with van der Waals surface area (Å²) in [7, 11) is 0. The number of rotatable bonds is 5. The van der Waals surface area contributed by atoms with E-state index >= 15 is 0 Å². The summed E-state index contributed by atoms with van der Waals surface area (Å²) in [5.41, 5.74) is 8.66. The van der Waals surface area contributed by atoms with Crippen LogP contribution < -0.4 is 11.1 Å². The summed E-state index contributed by atoms with van der Waals surface area (Å²) in [5.74, 6) is 0.0802. The van der Waals surface area contributed by atoms with Gasteiger partial charge in [0.15, 0.2) is 5.16 Å². The van der Waals surface area contributed by atoms with E-state index in [-0.39, 0.29) is 17.1 Å². The molecule has 7 heteroatoms. The highest BCUT2D eigenvalue weighted by molar-refractivity contribution is 8.00. The van der Waals surface area contributed by atoms with E-state index in [2.05, 4.69) is 20.3 Å². The van der Waals surface area contributed by atoms with Crippen LogP contribution in [0.3, 0.4) is 0 Å². The Morgan fingerprint density at radius 3 is 2.73 bits per heavy atom. The lowest BCUT2D eigenvalue weighted by Gasteiger charge is -2.14. The van der Waals surface area contributed by atoms with Crippen molar-refractivity contribution in [3.63, 3.8) is 0 Å². The lowest BCUT2D eigenvalue weighted by atomic mass is 10.1. The summed E-state index contributed by atoms with van der Waals surface area (Å²) in [6, 6.07) is 5.86. The SMILES string of the molecule is CCC(Sc1ncnc(N)n1)C(=O)Nc1ccc(C)c(C)c1. The number of nitrogens with one attached hydrogen (secondary N) is 1. The Bertz CT molecular complexity index is 677. The molecule has 1 unspecified atom stereocenters. The van der Waals surface area contributed by atoms with Crippen LogP contribution in [0.5, 0.6) is 0 Å². The molecule has 2 rings (SSSR count). The normalized spacial score (nSPS) is 12.0. The van der Waals surface area contributed by atoms with Crippen LogP contribution in [0.4, 0.5) is 11.6 Å². The minimum atomic E-state index is -0.289. The number of nitrogen functional groups attached to an aromatic ring is 1. The molecule has 22 heavy (non-hydrogen) atoms. The lowest BCUT2D eigenvalue weighted by molar-refractivity contribution is -0.115. The van der Waals surface area contributed by atoms with Crippen molar-refractivity contribution in [1.82, 2.24) is 15.0 Å². The zero-order chi connectivity index (χ0) is 16.1. The van der Waals surface area contributed by atoms with Crippen LogP contribution >= 0.6 is 11.8 Å². The van der Waals surface area contributed by atoms with E-state index in [0.717, 1.165) is 11.3 Å². The smallest absolute Gasteiger partial charge is 0.237 e. The van der Waals surface area contributed by atoms with E-state index in [1.165, 1.54) is 23.7 Å². The number of benzene rings is 1. The third-order valence-corrected chi connectivity index (χ3v) is 4.49. The van der Waals surface area contributed by atoms with E-state index in [9.17, 15) is 4.79 Å². The van der Waals surface area contributed by atoms with Gasteiger partial charge >= 0.3 is 0 Å². The molecule has 0 aliphatic carbocycles. The van der Waals surface area contributed by atoms with Crippen LogP contribution in [0.25, 0.3) is 0 Å². The molecule has 0 bridgehead atoms. The molecule has 1 aromatic carbocycles. The van der Waals surface area contributed by atoms with Gasteiger partial charge in [-0.25, -0.2) is 9.97 Å². The molecule has 6 nitrogen and oxygen atoms in total. The minimum absolute atomic E-state index is 0.0743. The predicted octanol–water partition coefficient (Wildman–Crippen LogP) is 2.58. The molecule has 116 valence electrons. The number of nitrogens with zero attached hydrogens (tertiary/aromatic N) is 3. The van der Waals surface area contributed by atoms with Crippen molar-refractivity contribution < 1.29 is 4.79 Å². The molecule has 1 atom stereocenters. The maximum Gasteiger partial charge on any atom is 0.237 e. The molecule has 0 aliphatic rings. The number of hydrogen-bond donors (Lipinski definition) is 2. The molecule has 0 aliphatic heterocycles. The second-order valence-electron chi connectivity index (χ2n) is 4.93. The van der Waals surface area contributed by atoms with Gasteiger partial charge in [0.05, 0.1) is 5.25 Å². The largest absolute Gasteiger partial charge is 0.368 e. The van der Waals surface area contributed by atoms with Gasteiger partial charge in [-0.2, -0.15) is 4.98 Å². The Hall–Kier alpha value is -2.15.